The molecule has 1 spiro atoms. The monoisotopic (exact) mass is 207 g/mol. The molecule has 3 saturated carbocycles. The van der Waals surface area contributed by atoms with Crippen molar-refractivity contribution in [3.05, 3.63) is 0 Å². The molecule has 3 aliphatic rings. The summed E-state index contributed by atoms with van der Waals surface area (Å²) in [5, 5.41) is 3.73. The average Bonchev–Trinajstić information content (AvgIpc) is 2.84. The molecule has 3 aliphatic carbocycles. The molecule has 0 aliphatic heterocycles. The highest BCUT2D eigenvalue weighted by molar-refractivity contribution is 5.17. The van der Waals surface area contributed by atoms with E-state index in [1.165, 1.54) is 51.4 Å². The summed E-state index contributed by atoms with van der Waals surface area (Å²) in [4.78, 5) is 0. The minimum absolute atomic E-state index is 0.469. The molecule has 1 nitrogen and oxygen atoms in total. The van der Waals surface area contributed by atoms with Crippen molar-refractivity contribution in [2.45, 2.75) is 63.8 Å². The van der Waals surface area contributed by atoms with Gasteiger partial charge in [-0.1, -0.05) is 19.3 Å². The van der Waals surface area contributed by atoms with Crippen LogP contribution in [0.4, 0.5) is 0 Å². The van der Waals surface area contributed by atoms with Crippen LogP contribution in [-0.2, 0) is 0 Å². The van der Waals surface area contributed by atoms with Crippen LogP contribution in [-0.4, -0.2) is 12.6 Å². The third-order valence-electron chi connectivity index (χ3n) is 6.33. The smallest absolute Gasteiger partial charge is 0.0237 e. The molecular weight excluding hydrogens is 182 g/mol. The van der Waals surface area contributed by atoms with Gasteiger partial charge in [-0.2, -0.15) is 0 Å². The van der Waals surface area contributed by atoms with Crippen molar-refractivity contribution >= 4 is 0 Å². The predicted molar refractivity (Wildman–Crippen MR) is 63.8 cm³/mol. The highest BCUT2D eigenvalue weighted by Gasteiger charge is 2.63. The molecule has 3 rings (SSSR count). The summed E-state index contributed by atoms with van der Waals surface area (Å²) >= 11 is 0. The molecular formula is C14H25N. The molecule has 0 radical (unpaired) electrons. The van der Waals surface area contributed by atoms with Crippen LogP contribution in [0.1, 0.15) is 58.3 Å². The maximum atomic E-state index is 3.73. The number of nitrogens with one attached hydrogen (secondary N) is 1. The van der Waals surface area contributed by atoms with Gasteiger partial charge < -0.3 is 5.32 Å². The van der Waals surface area contributed by atoms with E-state index in [1.54, 1.807) is 0 Å². The Morgan fingerprint density at radius 1 is 1.00 bits per heavy atom. The van der Waals surface area contributed by atoms with Gasteiger partial charge in [0.1, 0.15) is 0 Å². The molecule has 0 saturated heterocycles. The lowest BCUT2D eigenvalue weighted by molar-refractivity contribution is 0.000463. The van der Waals surface area contributed by atoms with Gasteiger partial charge in [0.25, 0.3) is 0 Å². The fourth-order valence-corrected chi connectivity index (χ4v) is 5.40. The molecule has 0 amide bonds. The molecule has 0 heterocycles. The van der Waals surface area contributed by atoms with E-state index in [2.05, 4.69) is 19.3 Å². The third-order valence-corrected chi connectivity index (χ3v) is 6.33. The molecule has 3 fully saturated rings. The van der Waals surface area contributed by atoms with Crippen molar-refractivity contribution in [1.29, 1.82) is 0 Å². The quantitative estimate of drug-likeness (QED) is 0.695. The zero-order valence-electron chi connectivity index (χ0n) is 10.3. The zero-order chi connectivity index (χ0) is 10.5. The van der Waals surface area contributed by atoms with Crippen LogP contribution in [0.15, 0.2) is 0 Å². The summed E-state index contributed by atoms with van der Waals surface area (Å²) in [6.07, 6.45) is 12.0. The first-order chi connectivity index (χ1) is 7.23. The van der Waals surface area contributed by atoms with E-state index in [1.807, 2.05) is 0 Å². The summed E-state index contributed by atoms with van der Waals surface area (Å²) in [7, 11) is 2.21. The standard InChI is InChI=1S/C14H25N/c1-13(15-2)11-6-7-12(10-11)14(13)8-4-3-5-9-14/h11-12,15H,3-10H2,1-2H3. The van der Waals surface area contributed by atoms with Gasteiger partial charge in [-0.05, 0) is 63.3 Å². The minimum Gasteiger partial charge on any atom is -0.314 e. The predicted octanol–water partition coefficient (Wildman–Crippen LogP) is 3.34. The van der Waals surface area contributed by atoms with Crippen molar-refractivity contribution in [2.75, 3.05) is 7.05 Å². The fraction of sp³-hybridized carbons (Fsp3) is 1.00. The molecule has 1 heteroatoms. The van der Waals surface area contributed by atoms with Crippen LogP contribution >= 0.6 is 0 Å². The van der Waals surface area contributed by atoms with Gasteiger partial charge in [0.05, 0.1) is 0 Å². The van der Waals surface area contributed by atoms with Crippen LogP contribution in [0.25, 0.3) is 0 Å². The first-order valence-electron chi connectivity index (χ1n) is 6.92. The van der Waals surface area contributed by atoms with Gasteiger partial charge in [-0.25, -0.2) is 0 Å². The number of rotatable bonds is 1. The van der Waals surface area contributed by atoms with E-state index in [-0.39, 0.29) is 0 Å². The van der Waals surface area contributed by atoms with Gasteiger partial charge in [-0.3, -0.25) is 0 Å². The first kappa shape index (κ1) is 10.1. The maximum Gasteiger partial charge on any atom is 0.0237 e. The van der Waals surface area contributed by atoms with Crippen molar-refractivity contribution in [3.8, 4) is 0 Å². The van der Waals surface area contributed by atoms with Crippen LogP contribution in [0.3, 0.4) is 0 Å². The Morgan fingerprint density at radius 2 is 1.67 bits per heavy atom. The normalized spacial score (nSPS) is 47.6. The average molecular weight is 207 g/mol. The summed E-state index contributed by atoms with van der Waals surface area (Å²) in [5.41, 5.74) is 1.15. The van der Waals surface area contributed by atoms with Crippen molar-refractivity contribution in [2.24, 2.45) is 17.3 Å². The van der Waals surface area contributed by atoms with Crippen molar-refractivity contribution in [3.63, 3.8) is 0 Å². The Morgan fingerprint density at radius 3 is 2.33 bits per heavy atom. The lowest BCUT2D eigenvalue weighted by Gasteiger charge is -2.54. The van der Waals surface area contributed by atoms with Crippen molar-refractivity contribution < 1.29 is 0 Å². The molecule has 1 N–H and O–H groups in total. The van der Waals surface area contributed by atoms with E-state index in [0.717, 1.165) is 11.8 Å². The van der Waals surface area contributed by atoms with E-state index in [4.69, 9.17) is 0 Å². The number of hydrogen-bond donors (Lipinski definition) is 1. The van der Waals surface area contributed by atoms with Gasteiger partial charge in [0.2, 0.25) is 0 Å². The Kier molecular flexibility index (Phi) is 2.18. The largest absolute Gasteiger partial charge is 0.314 e. The van der Waals surface area contributed by atoms with Gasteiger partial charge >= 0.3 is 0 Å². The molecule has 0 aromatic heterocycles. The molecule has 86 valence electrons. The second kappa shape index (κ2) is 3.23. The first-order valence-corrected chi connectivity index (χ1v) is 6.92. The van der Waals surface area contributed by atoms with E-state index >= 15 is 0 Å². The van der Waals surface area contributed by atoms with Gasteiger partial charge in [0.15, 0.2) is 0 Å². The van der Waals surface area contributed by atoms with Crippen LogP contribution in [0.2, 0.25) is 0 Å². The number of fused-ring (bicyclic) bond motifs is 3. The summed E-state index contributed by atoms with van der Waals surface area (Å²) < 4.78 is 0. The molecule has 15 heavy (non-hydrogen) atoms. The fourth-order valence-electron chi connectivity index (χ4n) is 5.40. The maximum absolute atomic E-state index is 3.73. The van der Waals surface area contributed by atoms with Crippen LogP contribution < -0.4 is 5.32 Å². The van der Waals surface area contributed by atoms with Gasteiger partial charge in [-0.15, -0.1) is 0 Å². The lowest BCUT2D eigenvalue weighted by atomic mass is 9.56. The van der Waals surface area contributed by atoms with Crippen molar-refractivity contribution in [1.82, 2.24) is 5.32 Å². The summed E-state index contributed by atoms with van der Waals surface area (Å²) in [5.74, 6) is 2.03. The molecule has 2 bridgehead atoms. The summed E-state index contributed by atoms with van der Waals surface area (Å²) in [6, 6.07) is 0. The Hall–Kier alpha value is -0.0400. The number of hydrogen-bond acceptors (Lipinski definition) is 1. The van der Waals surface area contributed by atoms with Gasteiger partial charge in [0, 0.05) is 5.54 Å². The second-order valence-corrected chi connectivity index (χ2v) is 6.38. The Labute approximate surface area is 94.0 Å². The highest BCUT2D eigenvalue weighted by atomic mass is 15.0. The van der Waals surface area contributed by atoms with E-state index < -0.39 is 0 Å². The second-order valence-electron chi connectivity index (χ2n) is 6.38. The van der Waals surface area contributed by atoms with Crippen LogP contribution in [0.5, 0.6) is 0 Å². The molecule has 0 aromatic rings. The topological polar surface area (TPSA) is 12.0 Å². The molecule has 3 unspecified atom stereocenters. The Balaban J connectivity index is 1.97. The minimum atomic E-state index is 0.469. The zero-order valence-corrected chi connectivity index (χ0v) is 10.3. The van der Waals surface area contributed by atoms with Crippen LogP contribution in [0, 0.1) is 17.3 Å². The molecule has 3 atom stereocenters. The van der Waals surface area contributed by atoms with E-state index in [9.17, 15) is 0 Å². The Bertz CT molecular complexity index is 254. The highest BCUT2D eigenvalue weighted by Crippen LogP contribution is 2.66. The van der Waals surface area contributed by atoms with E-state index in [0.29, 0.717) is 11.0 Å². The molecule has 0 aromatic carbocycles. The summed E-state index contributed by atoms with van der Waals surface area (Å²) in [6.45, 7) is 2.53. The SMILES string of the molecule is CNC1(C)C2CCC(C2)C12CCCCC2. The lowest BCUT2D eigenvalue weighted by Crippen LogP contribution is -2.59. The third kappa shape index (κ3) is 1.08.